The maximum atomic E-state index is 5.98. The molecule has 3 N–H and O–H groups in total. The van der Waals surface area contributed by atoms with Crippen LogP contribution < -0.4 is 11.1 Å². The summed E-state index contributed by atoms with van der Waals surface area (Å²) in [7, 11) is 0. The summed E-state index contributed by atoms with van der Waals surface area (Å²) in [6.07, 6.45) is 3.30. The van der Waals surface area contributed by atoms with Crippen molar-refractivity contribution in [3.8, 4) is 0 Å². The number of aromatic nitrogens is 3. The standard InChI is InChI=1S/C16H17N5/c1-16(11-17,12-5-3-2-4-6-12)21-14-8-7-13-15(20-14)19-10-9-18-13/h2-10H,11,17H2,1H3,(H,19,20,21). The van der Waals surface area contributed by atoms with E-state index in [0.29, 0.717) is 12.2 Å². The van der Waals surface area contributed by atoms with Crippen molar-refractivity contribution in [2.24, 2.45) is 5.73 Å². The molecule has 0 radical (unpaired) electrons. The summed E-state index contributed by atoms with van der Waals surface area (Å²) < 4.78 is 0. The Balaban J connectivity index is 1.95. The monoisotopic (exact) mass is 279 g/mol. The van der Waals surface area contributed by atoms with Gasteiger partial charge in [-0.1, -0.05) is 30.3 Å². The second-order valence-corrected chi connectivity index (χ2v) is 5.12. The number of anilines is 1. The van der Waals surface area contributed by atoms with Gasteiger partial charge >= 0.3 is 0 Å². The van der Waals surface area contributed by atoms with Crippen molar-refractivity contribution in [1.29, 1.82) is 0 Å². The summed E-state index contributed by atoms with van der Waals surface area (Å²) in [6, 6.07) is 13.9. The molecule has 1 unspecified atom stereocenters. The van der Waals surface area contributed by atoms with E-state index in [1.165, 1.54) is 0 Å². The highest BCUT2D eigenvalue weighted by atomic mass is 15.1. The van der Waals surface area contributed by atoms with E-state index >= 15 is 0 Å². The van der Waals surface area contributed by atoms with Crippen molar-refractivity contribution in [3.05, 3.63) is 60.4 Å². The van der Waals surface area contributed by atoms with Gasteiger partial charge in [0, 0.05) is 18.9 Å². The number of pyridine rings is 1. The summed E-state index contributed by atoms with van der Waals surface area (Å²) in [5, 5.41) is 3.41. The lowest BCUT2D eigenvalue weighted by Crippen LogP contribution is -2.39. The van der Waals surface area contributed by atoms with Gasteiger partial charge < -0.3 is 11.1 Å². The zero-order valence-electron chi connectivity index (χ0n) is 11.8. The number of nitrogens with zero attached hydrogens (tertiary/aromatic N) is 3. The third kappa shape index (κ3) is 2.68. The van der Waals surface area contributed by atoms with Gasteiger partial charge in [-0.2, -0.15) is 0 Å². The second-order valence-electron chi connectivity index (χ2n) is 5.12. The molecule has 2 aromatic heterocycles. The lowest BCUT2D eigenvalue weighted by atomic mass is 9.92. The van der Waals surface area contributed by atoms with Gasteiger partial charge in [-0.25, -0.2) is 9.97 Å². The quantitative estimate of drug-likeness (QED) is 0.766. The molecule has 0 aliphatic carbocycles. The molecule has 3 rings (SSSR count). The predicted molar refractivity (Wildman–Crippen MR) is 83.8 cm³/mol. The van der Waals surface area contributed by atoms with E-state index in [-0.39, 0.29) is 5.54 Å². The third-order valence-corrected chi connectivity index (χ3v) is 3.55. The van der Waals surface area contributed by atoms with Gasteiger partial charge in [-0.3, -0.25) is 4.98 Å². The smallest absolute Gasteiger partial charge is 0.180 e. The van der Waals surface area contributed by atoms with Crippen LogP contribution >= 0.6 is 0 Å². The second kappa shape index (κ2) is 5.46. The largest absolute Gasteiger partial charge is 0.359 e. The maximum Gasteiger partial charge on any atom is 0.180 e. The molecule has 5 heteroatoms. The highest BCUT2D eigenvalue weighted by molar-refractivity contribution is 5.71. The molecule has 3 aromatic rings. The molecule has 1 aromatic carbocycles. The van der Waals surface area contributed by atoms with Crippen LogP contribution in [0.1, 0.15) is 12.5 Å². The summed E-state index contributed by atoms with van der Waals surface area (Å²) in [4.78, 5) is 12.9. The summed E-state index contributed by atoms with van der Waals surface area (Å²) in [6.45, 7) is 2.52. The van der Waals surface area contributed by atoms with Crippen LogP contribution in [0, 0.1) is 0 Å². The lowest BCUT2D eigenvalue weighted by molar-refractivity contribution is 0.554. The van der Waals surface area contributed by atoms with E-state index in [9.17, 15) is 0 Å². The van der Waals surface area contributed by atoms with Crippen molar-refractivity contribution >= 4 is 17.0 Å². The van der Waals surface area contributed by atoms with Crippen molar-refractivity contribution in [1.82, 2.24) is 15.0 Å². The Hall–Kier alpha value is -2.53. The Morgan fingerprint density at radius 2 is 1.81 bits per heavy atom. The SMILES string of the molecule is CC(CN)(Nc1ccc2nccnc2n1)c1ccccc1. The van der Waals surface area contributed by atoms with Crippen LogP contribution in [-0.2, 0) is 5.54 Å². The van der Waals surface area contributed by atoms with Crippen LogP contribution in [0.25, 0.3) is 11.2 Å². The fourth-order valence-corrected chi connectivity index (χ4v) is 2.25. The normalized spacial score (nSPS) is 13.8. The molecular formula is C16H17N5. The zero-order chi connectivity index (χ0) is 14.7. The minimum absolute atomic E-state index is 0.385. The van der Waals surface area contributed by atoms with Gasteiger partial charge in [0.2, 0.25) is 0 Å². The number of nitrogens with one attached hydrogen (secondary N) is 1. The molecule has 0 fully saturated rings. The van der Waals surface area contributed by atoms with E-state index in [1.54, 1.807) is 12.4 Å². The summed E-state index contributed by atoms with van der Waals surface area (Å²) in [5.74, 6) is 0.736. The van der Waals surface area contributed by atoms with Crippen LogP contribution in [0.2, 0.25) is 0 Å². The molecule has 106 valence electrons. The van der Waals surface area contributed by atoms with Crippen LogP contribution in [0.3, 0.4) is 0 Å². The van der Waals surface area contributed by atoms with Gasteiger partial charge in [0.25, 0.3) is 0 Å². The molecule has 1 atom stereocenters. The van der Waals surface area contributed by atoms with Gasteiger partial charge in [-0.15, -0.1) is 0 Å². The highest BCUT2D eigenvalue weighted by Gasteiger charge is 2.25. The van der Waals surface area contributed by atoms with Crippen LogP contribution in [0.15, 0.2) is 54.9 Å². The average Bonchev–Trinajstić information content (AvgIpc) is 2.55. The number of benzene rings is 1. The molecule has 0 spiro atoms. The molecule has 2 heterocycles. The van der Waals surface area contributed by atoms with Crippen LogP contribution in [0.5, 0.6) is 0 Å². The Kier molecular flexibility index (Phi) is 3.50. The third-order valence-electron chi connectivity index (χ3n) is 3.55. The van der Waals surface area contributed by atoms with Crippen LogP contribution in [0.4, 0.5) is 5.82 Å². The Morgan fingerprint density at radius 3 is 2.57 bits per heavy atom. The first-order valence-electron chi connectivity index (χ1n) is 6.83. The van der Waals surface area contributed by atoms with Crippen molar-refractivity contribution in [2.45, 2.75) is 12.5 Å². The Labute approximate surface area is 123 Å². The number of fused-ring (bicyclic) bond motifs is 1. The maximum absolute atomic E-state index is 5.98. The molecule has 0 saturated carbocycles. The number of hydrogen-bond donors (Lipinski definition) is 2. The molecule has 0 saturated heterocycles. The minimum atomic E-state index is -0.385. The first-order valence-corrected chi connectivity index (χ1v) is 6.83. The Bertz CT molecular complexity index is 744. The van der Waals surface area contributed by atoms with Gasteiger partial charge in [0.05, 0.1) is 5.54 Å². The molecule has 0 aliphatic heterocycles. The van der Waals surface area contributed by atoms with Gasteiger partial charge in [0.1, 0.15) is 11.3 Å². The summed E-state index contributed by atoms with van der Waals surface area (Å²) >= 11 is 0. The van der Waals surface area contributed by atoms with E-state index in [2.05, 4.69) is 39.3 Å². The fourth-order valence-electron chi connectivity index (χ4n) is 2.25. The molecule has 5 nitrogen and oxygen atoms in total. The predicted octanol–water partition coefficient (Wildman–Crippen LogP) is 2.31. The Morgan fingerprint density at radius 1 is 1.05 bits per heavy atom. The molecular weight excluding hydrogens is 262 g/mol. The number of rotatable bonds is 4. The zero-order valence-corrected chi connectivity index (χ0v) is 11.8. The first kappa shape index (κ1) is 13.5. The van der Waals surface area contributed by atoms with Crippen molar-refractivity contribution in [2.75, 3.05) is 11.9 Å². The molecule has 21 heavy (non-hydrogen) atoms. The molecule has 0 aliphatic rings. The van der Waals surface area contributed by atoms with Crippen molar-refractivity contribution < 1.29 is 0 Å². The average molecular weight is 279 g/mol. The van der Waals surface area contributed by atoms with Crippen molar-refractivity contribution in [3.63, 3.8) is 0 Å². The van der Waals surface area contributed by atoms with Gasteiger partial charge in [-0.05, 0) is 24.6 Å². The summed E-state index contributed by atoms with van der Waals surface area (Å²) in [5.41, 5.74) is 8.11. The minimum Gasteiger partial charge on any atom is -0.359 e. The van der Waals surface area contributed by atoms with Crippen LogP contribution in [-0.4, -0.2) is 21.5 Å². The van der Waals surface area contributed by atoms with E-state index in [1.807, 2.05) is 30.3 Å². The molecule has 0 amide bonds. The molecule has 0 bridgehead atoms. The number of nitrogens with two attached hydrogens (primary N) is 1. The van der Waals surface area contributed by atoms with E-state index in [0.717, 1.165) is 16.9 Å². The van der Waals surface area contributed by atoms with E-state index in [4.69, 9.17) is 5.73 Å². The van der Waals surface area contributed by atoms with E-state index < -0.39 is 0 Å². The number of hydrogen-bond acceptors (Lipinski definition) is 5. The highest BCUT2D eigenvalue weighted by Crippen LogP contribution is 2.24. The fraction of sp³-hybridized carbons (Fsp3) is 0.188. The topological polar surface area (TPSA) is 76.7 Å². The first-order chi connectivity index (χ1) is 10.2. The lowest BCUT2D eigenvalue weighted by Gasteiger charge is -2.30. The van der Waals surface area contributed by atoms with Gasteiger partial charge in [0.15, 0.2) is 5.65 Å².